The fraction of sp³-hybridized carbons (Fsp3) is 0.292. The second-order valence-electron chi connectivity index (χ2n) is 8.70. The van der Waals surface area contributed by atoms with Crippen molar-refractivity contribution >= 4 is 16.0 Å². The molecule has 0 radical (unpaired) electrons. The van der Waals surface area contributed by atoms with Gasteiger partial charge in [0.2, 0.25) is 10.0 Å². The number of pyridine rings is 2. The number of rotatable bonds is 5. The first-order valence-corrected chi connectivity index (χ1v) is 12.3. The first-order valence-electron chi connectivity index (χ1n) is 10.8. The third-order valence-corrected chi connectivity index (χ3v) is 8.73. The molecule has 2 aliphatic rings. The summed E-state index contributed by atoms with van der Waals surface area (Å²) in [5.41, 5.74) is 1.78. The zero-order valence-corrected chi connectivity index (χ0v) is 19.1. The number of carbonyl (C=O) groups is 1. The van der Waals surface area contributed by atoms with Crippen LogP contribution in [0.1, 0.15) is 17.3 Å². The van der Waals surface area contributed by atoms with Crippen molar-refractivity contribution < 1.29 is 23.4 Å². The fourth-order valence-electron chi connectivity index (χ4n) is 5.31. The lowest BCUT2D eigenvalue weighted by molar-refractivity contribution is -0.144. The van der Waals surface area contributed by atoms with Crippen molar-refractivity contribution in [1.82, 2.24) is 13.9 Å². The van der Waals surface area contributed by atoms with Gasteiger partial charge in [-0.3, -0.25) is 14.6 Å². The summed E-state index contributed by atoms with van der Waals surface area (Å²) in [6, 6.07) is 11.0. The van der Waals surface area contributed by atoms with Gasteiger partial charge in [-0.25, -0.2) is 8.42 Å². The summed E-state index contributed by atoms with van der Waals surface area (Å²) in [7, 11) is -4.11. The summed E-state index contributed by atoms with van der Waals surface area (Å²) in [6.07, 6.45) is 3.14. The number of aryl methyl sites for hydroxylation is 1. The molecular weight excluding hydrogens is 458 g/mol. The Bertz CT molecular complexity index is 1440. The van der Waals surface area contributed by atoms with E-state index in [9.17, 15) is 28.2 Å². The predicted molar refractivity (Wildman–Crippen MR) is 122 cm³/mol. The summed E-state index contributed by atoms with van der Waals surface area (Å²) < 4.78 is 30.2. The van der Waals surface area contributed by atoms with E-state index in [-0.39, 0.29) is 17.0 Å². The summed E-state index contributed by atoms with van der Waals surface area (Å²) in [4.78, 5) is 29.8. The molecule has 2 aliphatic heterocycles. The highest BCUT2D eigenvalue weighted by Crippen LogP contribution is 2.51. The summed E-state index contributed by atoms with van der Waals surface area (Å²) >= 11 is 0. The molecule has 0 spiro atoms. The van der Waals surface area contributed by atoms with Gasteiger partial charge in [0, 0.05) is 48.8 Å². The Balaban J connectivity index is 1.72. The van der Waals surface area contributed by atoms with Crippen LogP contribution < -0.4 is 5.56 Å². The maximum Gasteiger partial charge on any atom is 0.308 e. The Hall–Kier alpha value is -3.34. The first kappa shape index (κ1) is 22.5. The van der Waals surface area contributed by atoms with Crippen molar-refractivity contribution in [2.75, 3.05) is 6.61 Å². The summed E-state index contributed by atoms with van der Waals surface area (Å²) in [5, 5.41) is 20.2. The van der Waals surface area contributed by atoms with Gasteiger partial charge in [-0.1, -0.05) is 12.1 Å². The molecule has 3 aromatic rings. The van der Waals surface area contributed by atoms with Crippen LogP contribution in [0.2, 0.25) is 0 Å². The molecule has 1 aromatic carbocycles. The van der Waals surface area contributed by atoms with Crippen molar-refractivity contribution in [3.63, 3.8) is 0 Å². The Labute approximate surface area is 196 Å². The Kier molecular flexibility index (Phi) is 5.38. The number of hydrogen-bond donors (Lipinski definition) is 2. The number of aliphatic hydroxyl groups excluding tert-OH is 1. The normalized spacial score (nSPS) is 24.1. The lowest BCUT2D eigenvalue weighted by atomic mass is 9.87. The van der Waals surface area contributed by atoms with Crippen molar-refractivity contribution in [2.24, 2.45) is 11.8 Å². The number of carboxylic acid groups (broad SMARTS) is 1. The molecule has 2 aromatic heterocycles. The lowest BCUT2D eigenvalue weighted by Crippen LogP contribution is -2.49. The van der Waals surface area contributed by atoms with Crippen LogP contribution in [0.5, 0.6) is 0 Å². The highest BCUT2D eigenvalue weighted by molar-refractivity contribution is 7.89. The first-order chi connectivity index (χ1) is 16.3. The standard InChI is InChI=1S/C24H23N3O6S/c1-14-3-2-4-16(11-14)34(32,33)27-20-12-26-19(22(27)21(24(30)31)18(20)13-28)6-5-17(23(26)29)15-7-9-25-10-8-15/h2-11,18,20-22,28H,12-13H2,1H3,(H,30,31)/t18-,20-,21+,22+/m1/s1. The van der Waals surface area contributed by atoms with Gasteiger partial charge in [-0.2, -0.15) is 4.31 Å². The zero-order chi connectivity index (χ0) is 24.2. The second kappa shape index (κ2) is 8.15. The molecule has 176 valence electrons. The predicted octanol–water partition coefficient (Wildman–Crippen LogP) is 1.66. The number of aliphatic carboxylic acids is 1. The third kappa shape index (κ3) is 3.29. The van der Waals surface area contributed by atoms with Gasteiger partial charge < -0.3 is 14.8 Å². The number of benzene rings is 1. The molecule has 2 N–H and O–H groups in total. The fourth-order valence-corrected chi connectivity index (χ4v) is 7.26. The molecule has 0 aliphatic carbocycles. The van der Waals surface area contributed by atoms with E-state index in [0.717, 1.165) is 5.56 Å². The van der Waals surface area contributed by atoms with Crippen LogP contribution in [0.3, 0.4) is 0 Å². The maximum absolute atomic E-state index is 13.8. The third-order valence-electron chi connectivity index (χ3n) is 6.83. The van der Waals surface area contributed by atoms with Gasteiger partial charge in [0.05, 0.1) is 16.9 Å². The van der Waals surface area contributed by atoms with E-state index >= 15 is 0 Å². The van der Waals surface area contributed by atoms with E-state index in [1.165, 1.54) is 21.0 Å². The highest BCUT2D eigenvalue weighted by Gasteiger charge is 2.60. The molecule has 34 heavy (non-hydrogen) atoms. The van der Waals surface area contributed by atoms with Crippen molar-refractivity contribution in [2.45, 2.75) is 30.4 Å². The average molecular weight is 482 g/mol. The van der Waals surface area contributed by atoms with Gasteiger partial charge >= 0.3 is 5.97 Å². The Morgan fingerprint density at radius 2 is 1.88 bits per heavy atom. The van der Waals surface area contributed by atoms with Gasteiger partial charge in [-0.15, -0.1) is 0 Å². The second-order valence-corrected chi connectivity index (χ2v) is 10.5. The Morgan fingerprint density at radius 1 is 1.15 bits per heavy atom. The van der Waals surface area contributed by atoms with Crippen LogP contribution in [-0.2, 0) is 21.4 Å². The minimum Gasteiger partial charge on any atom is -0.481 e. The van der Waals surface area contributed by atoms with Gasteiger partial charge in [0.15, 0.2) is 0 Å². The zero-order valence-electron chi connectivity index (χ0n) is 18.3. The molecule has 0 saturated carbocycles. The molecule has 1 saturated heterocycles. The van der Waals surface area contributed by atoms with Gasteiger partial charge in [-0.05, 0) is 54.4 Å². The number of hydrogen-bond acceptors (Lipinski definition) is 6. The quantitative estimate of drug-likeness (QED) is 0.567. The molecule has 9 nitrogen and oxygen atoms in total. The number of aliphatic hydroxyl groups is 1. The topological polar surface area (TPSA) is 130 Å². The van der Waals surface area contributed by atoms with E-state index in [2.05, 4.69) is 4.98 Å². The number of aromatic nitrogens is 2. The van der Waals surface area contributed by atoms with Crippen molar-refractivity contribution in [1.29, 1.82) is 0 Å². The van der Waals surface area contributed by atoms with Crippen molar-refractivity contribution in [3.05, 3.63) is 82.5 Å². The molecule has 1 fully saturated rings. The number of nitrogens with zero attached hydrogens (tertiary/aromatic N) is 3. The summed E-state index contributed by atoms with van der Waals surface area (Å²) in [6.45, 7) is 1.21. The van der Waals surface area contributed by atoms with Crippen LogP contribution in [0.4, 0.5) is 0 Å². The average Bonchev–Trinajstić information content (AvgIpc) is 3.08. The highest BCUT2D eigenvalue weighted by atomic mass is 32.2. The summed E-state index contributed by atoms with van der Waals surface area (Å²) in [5.74, 6) is -3.28. The van der Waals surface area contributed by atoms with Crippen LogP contribution in [0, 0.1) is 18.8 Å². The minimum atomic E-state index is -4.11. The SMILES string of the molecule is Cc1cccc(S(=O)(=O)N2[C@@H]3Cn4c(ccc(-c5ccncc5)c4=O)[C@H]2[C@@H](C(=O)O)[C@@H]3CO)c1. The van der Waals surface area contributed by atoms with Crippen molar-refractivity contribution in [3.8, 4) is 11.1 Å². The van der Waals surface area contributed by atoms with Crippen LogP contribution >= 0.6 is 0 Å². The number of fused-ring (bicyclic) bond motifs is 4. The molecule has 0 amide bonds. The van der Waals surface area contributed by atoms with E-state index in [0.29, 0.717) is 16.8 Å². The molecule has 4 atom stereocenters. The van der Waals surface area contributed by atoms with Crippen LogP contribution in [-0.4, -0.2) is 51.1 Å². The van der Waals surface area contributed by atoms with Gasteiger partial charge in [0.1, 0.15) is 0 Å². The monoisotopic (exact) mass is 481 g/mol. The smallest absolute Gasteiger partial charge is 0.308 e. The maximum atomic E-state index is 13.8. The van der Waals surface area contributed by atoms with Crippen LogP contribution in [0.15, 0.2) is 70.6 Å². The molecule has 4 heterocycles. The molecule has 5 rings (SSSR count). The number of sulfonamides is 1. The lowest BCUT2D eigenvalue weighted by Gasteiger charge is -2.37. The van der Waals surface area contributed by atoms with E-state index in [1.54, 1.807) is 55.7 Å². The minimum absolute atomic E-state index is 0.0504. The van der Waals surface area contributed by atoms with E-state index < -0.39 is 46.5 Å². The van der Waals surface area contributed by atoms with Crippen LogP contribution in [0.25, 0.3) is 11.1 Å². The van der Waals surface area contributed by atoms with Gasteiger partial charge in [0.25, 0.3) is 5.56 Å². The molecule has 10 heteroatoms. The molecule has 0 unspecified atom stereocenters. The Morgan fingerprint density at radius 3 is 2.53 bits per heavy atom. The van der Waals surface area contributed by atoms with E-state index in [1.807, 2.05) is 0 Å². The molecule has 2 bridgehead atoms. The number of carboxylic acids is 1. The largest absolute Gasteiger partial charge is 0.481 e. The van der Waals surface area contributed by atoms with E-state index in [4.69, 9.17) is 0 Å². The molecular formula is C24H23N3O6S.